The van der Waals surface area contributed by atoms with Crippen LogP contribution in [0.2, 0.25) is 26.2 Å². The van der Waals surface area contributed by atoms with Gasteiger partial charge in [0, 0.05) is 17.6 Å². The Kier molecular flexibility index (Phi) is 9.39. The minimum absolute atomic E-state index is 0. The smallest absolute Gasteiger partial charge is 0.274 e. The predicted octanol–water partition coefficient (Wildman–Crippen LogP) is 3.40. The van der Waals surface area contributed by atoms with Gasteiger partial charge in [-0.3, -0.25) is 12.2 Å². The Morgan fingerprint density at radius 3 is 1.29 bits per heavy atom. The first-order valence-corrected chi connectivity index (χ1v) is 11.9. The zero-order valence-electron chi connectivity index (χ0n) is 11.4. The van der Waals surface area contributed by atoms with Crippen LogP contribution in [0.4, 0.5) is 0 Å². The normalized spacial score (nSPS) is 16.6. The first-order chi connectivity index (χ1) is 7.61. The van der Waals surface area contributed by atoms with E-state index in [9.17, 15) is 0 Å². The van der Waals surface area contributed by atoms with Crippen LogP contribution in [0.25, 0.3) is 0 Å². The van der Waals surface area contributed by atoms with Crippen LogP contribution >= 0.6 is 0 Å². The van der Waals surface area contributed by atoms with E-state index < -0.39 is 17.6 Å². The van der Waals surface area contributed by atoms with E-state index in [0.717, 1.165) is 12.8 Å². The second-order valence-corrected chi connectivity index (χ2v) is 10.6. The average molecular weight is 338 g/mol. The molecule has 90 valence electrons. The molecule has 2 rings (SSSR count). The number of hydrogen-bond acceptors (Lipinski definition) is 0. The Morgan fingerprint density at radius 2 is 1.18 bits per heavy atom. The minimum Gasteiger partial charge on any atom is -0.274 e. The fraction of sp³-hybridized carbons (Fsp3) is 0.429. The molecule has 0 unspecified atom stereocenters. The molecule has 0 amide bonds. The van der Waals surface area contributed by atoms with Crippen LogP contribution in [0.1, 0.15) is 12.8 Å². The van der Waals surface area contributed by atoms with E-state index in [1.165, 1.54) is 10.4 Å². The van der Waals surface area contributed by atoms with Crippen molar-refractivity contribution in [3.8, 4) is 0 Å². The predicted molar refractivity (Wildman–Crippen MR) is 78.8 cm³/mol. The van der Waals surface area contributed by atoms with Crippen LogP contribution in [0.15, 0.2) is 34.7 Å². The van der Waals surface area contributed by atoms with Crippen molar-refractivity contribution in [1.82, 2.24) is 0 Å². The molecule has 0 saturated carbocycles. The molecule has 0 aliphatic heterocycles. The van der Waals surface area contributed by atoms with Gasteiger partial charge in [-0.1, -0.05) is 26.2 Å². The summed E-state index contributed by atoms with van der Waals surface area (Å²) in [6.07, 6.45) is 17.6. The first kappa shape index (κ1) is 17.3. The summed E-state index contributed by atoms with van der Waals surface area (Å²) in [4.78, 5) is 0. The zero-order chi connectivity index (χ0) is 12.0. The molecule has 0 nitrogen and oxygen atoms in total. The Bertz CT molecular complexity index is 302. The molecule has 0 saturated heterocycles. The summed E-state index contributed by atoms with van der Waals surface area (Å²) in [6, 6.07) is 0. The third-order valence-corrected chi connectivity index (χ3v) is 5.97. The van der Waals surface area contributed by atoms with E-state index in [4.69, 9.17) is 0 Å². The maximum absolute atomic E-state index is 3.32. The quantitative estimate of drug-likeness (QED) is 0.535. The monoisotopic (exact) mass is 336 g/mol. The van der Waals surface area contributed by atoms with Gasteiger partial charge >= 0.3 is 26.2 Å². The van der Waals surface area contributed by atoms with Gasteiger partial charge in [0.05, 0.1) is 0 Å². The van der Waals surface area contributed by atoms with Crippen LogP contribution in [0.3, 0.4) is 0 Å². The van der Waals surface area contributed by atoms with Crippen LogP contribution in [-0.4, -0.2) is 17.6 Å². The summed E-state index contributed by atoms with van der Waals surface area (Å²) < 4.78 is 0. The van der Waals surface area contributed by atoms with Crippen molar-refractivity contribution in [2.24, 2.45) is 0 Å². The molecule has 0 bridgehead atoms. The number of hydrogen-bond donors (Lipinski definition) is 0. The molecule has 0 N–H and O–H groups in total. The molecule has 0 aromatic heterocycles. The van der Waals surface area contributed by atoms with Crippen molar-refractivity contribution >= 4 is 17.6 Å². The third-order valence-electron chi connectivity index (χ3n) is 2.69. The molecule has 0 aromatic rings. The van der Waals surface area contributed by atoms with Crippen molar-refractivity contribution in [1.29, 1.82) is 0 Å². The van der Waals surface area contributed by atoms with E-state index in [1.807, 2.05) is 0 Å². The minimum atomic E-state index is -0.504. The second kappa shape index (κ2) is 9.24. The summed E-state index contributed by atoms with van der Waals surface area (Å²) in [5, 5.41) is 3.01. The summed E-state index contributed by atoms with van der Waals surface area (Å²) >= 11 is 0. The molecule has 0 fully saturated rings. The molecule has 0 aromatic carbocycles. The summed E-state index contributed by atoms with van der Waals surface area (Å²) in [5.41, 5.74) is 0. The fourth-order valence-corrected chi connectivity index (χ4v) is 3.73. The van der Waals surface area contributed by atoms with Gasteiger partial charge in [-0.25, -0.2) is 22.5 Å². The maximum atomic E-state index is 3.32. The van der Waals surface area contributed by atoms with Gasteiger partial charge in [0.25, 0.3) is 0 Å². The van der Waals surface area contributed by atoms with Crippen LogP contribution in [-0.2, 0) is 26.2 Å². The topological polar surface area (TPSA) is 0 Å². The summed E-state index contributed by atoms with van der Waals surface area (Å²) in [5.74, 6) is 0. The summed E-state index contributed by atoms with van der Waals surface area (Å²) in [7, 11) is -1.01. The Hall–Kier alpha value is 0.277. The summed E-state index contributed by atoms with van der Waals surface area (Å²) in [6.45, 7) is 9.33. The van der Waals surface area contributed by atoms with E-state index >= 15 is 0 Å². The van der Waals surface area contributed by atoms with Gasteiger partial charge in [0.15, 0.2) is 0 Å². The Morgan fingerprint density at radius 1 is 0.824 bits per heavy atom. The van der Waals surface area contributed by atoms with Gasteiger partial charge in [0.1, 0.15) is 0 Å². The van der Waals surface area contributed by atoms with Crippen molar-refractivity contribution in [2.45, 2.75) is 39.0 Å². The van der Waals surface area contributed by atoms with Gasteiger partial charge in [0.2, 0.25) is 0 Å². The van der Waals surface area contributed by atoms with E-state index in [2.05, 4.69) is 62.6 Å². The van der Waals surface area contributed by atoms with Gasteiger partial charge in [-0.05, 0) is 0 Å². The average Bonchev–Trinajstić information content (AvgIpc) is 2.93. The fourth-order valence-electron chi connectivity index (χ4n) is 1.64. The van der Waals surface area contributed by atoms with Gasteiger partial charge < -0.3 is 0 Å². The molecule has 0 atom stereocenters. The molecule has 17 heavy (non-hydrogen) atoms. The standard InChI is InChI=1S/2C7H11Si.Zr/c2*1-8(2)7-5-3-4-6-7;/h2*3,5,8H,4H2,1-2H3;/q2*-1;+2. The Labute approximate surface area is 129 Å². The largest absolute Gasteiger partial charge is 2.00 e. The van der Waals surface area contributed by atoms with Crippen molar-refractivity contribution in [3.63, 3.8) is 0 Å². The molecule has 0 heterocycles. The van der Waals surface area contributed by atoms with Crippen molar-refractivity contribution in [2.75, 3.05) is 0 Å². The molecule has 2 aliphatic carbocycles. The van der Waals surface area contributed by atoms with Crippen LogP contribution in [0.5, 0.6) is 0 Å². The van der Waals surface area contributed by atoms with Crippen LogP contribution < -0.4 is 0 Å². The molecular formula is C14H22Si2Zr. The van der Waals surface area contributed by atoms with E-state index in [0.29, 0.717) is 0 Å². The number of rotatable bonds is 2. The van der Waals surface area contributed by atoms with Gasteiger partial charge in [-0.2, -0.15) is 12.2 Å². The Balaban J connectivity index is 0.000000284. The number of allylic oxidation sites excluding steroid dienone is 8. The van der Waals surface area contributed by atoms with Gasteiger partial charge in [-0.15, -0.1) is 12.8 Å². The molecule has 0 spiro atoms. The third kappa shape index (κ3) is 6.69. The maximum Gasteiger partial charge on any atom is 2.00 e. The van der Waals surface area contributed by atoms with Crippen molar-refractivity contribution < 1.29 is 26.2 Å². The van der Waals surface area contributed by atoms with Crippen LogP contribution in [0, 0.1) is 12.2 Å². The van der Waals surface area contributed by atoms with E-state index in [1.54, 1.807) is 0 Å². The zero-order valence-corrected chi connectivity index (χ0v) is 16.1. The molecule has 0 radical (unpaired) electrons. The SMILES string of the molecule is C[SiH](C)C1=[C-]CC=C1.C[SiH](C)C1=[C-]CC=C1.[Zr+2]. The first-order valence-electron chi connectivity index (χ1n) is 6.15. The second-order valence-electron chi connectivity index (χ2n) is 4.79. The van der Waals surface area contributed by atoms with Crippen molar-refractivity contribution in [3.05, 3.63) is 46.8 Å². The molecular weight excluding hydrogens is 316 g/mol. The van der Waals surface area contributed by atoms with E-state index in [-0.39, 0.29) is 26.2 Å². The molecule has 2 aliphatic rings. The molecule has 3 heteroatoms.